The van der Waals surface area contributed by atoms with E-state index in [1.807, 2.05) is 0 Å². The monoisotopic (exact) mass is 539 g/mol. The van der Waals surface area contributed by atoms with Crippen molar-refractivity contribution >= 4 is 30.1 Å². The Hall–Kier alpha value is -2.58. The average molecular weight is 540 g/mol. The second-order valence-corrected chi connectivity index (χ2v) is 16.7. The van der Waals surface area contributed by atoms with E-state index >= 15 is 0 Å². The van der Waals surface area contributed by atoms with Gasteiger partial charge in [0.05, 0.1) is 23.9 Å². The fraction of sp³-hybridized carbons (Fsp3) is 0.522. The summed E-state index contributed by atoms with van der Waals surface area (Å²) in [5, 5.41) is 2.37. The molecule has 3 rings (SSSR count). The van der Waals surface area contributed by atoms with Gasteiger partial charge in [-0.2, -0.15) is 4.98 Å². The number of carbonyl (C=O) groups excluding carboxylic acids is 1. The number of aromatic nitrogens is 2. The fourth-order valence-electron chi connectivity index (χ4n) is 3.00. The molecule has 2 unspecified atom stereocenters. The third-order valence-corrected chi connectivity index (χ3v) is 12.4. The molecule has 0 spiro atoms. The molecule has 13 heteroatoms. The molecule has 1 aromatic heterocycles. The molecule has 0 aliphatic carbocycles. The Bertz CT molecular complexity index is 1210. The minimum atomic E-state index is -3.58. The number of amides is 1. The van der Waals surface area contributed by atoms with Gasteiger partial charge < -0.3 is 18.6 Å². The van der Waals surface area contributed by atoms with Crippen molar-refractivity contribution in [2.75, 3.05) is 30.9 Å². The number of benzene rings is 1. The van der Waals surface area contributed by atoms with Crippen molar-refractivity contribution < 1.29 is 31.8 Å². The fourth-order valence-corrected chi connectivity index (χ4v) is 5.10. The van der Waals surface area contributed by atoms with Crippen molar-refractivity contribution in [1.82, 2.24) is 9.55 Å². The van der Waals surface area contributed by atoms with E-state index in [-0.39, 0.29) is 41.3 Å². The van der Waals surface area contributed by atoms with Crippen LogP contribution in [0.25, 0.3) is 0 Å². The van der Waals surface area contributed by atoms with E-state index in [0.29, 0.717) is 0 Å². The number of nitrogens with zero attached hydrogens (tertiary/aromatic N) is 2. The smallest absolute Gasteiger partial charge is 0.412 e. The molecule has 2 heterocycles. The molecule has 1 saturated heterocycles. The molecule has 2 atom stereocenters. The highest BCUT2D eigenvalue weighted by atomic mass is 32.2. The van der Waals surface area contributed by atoms with Gasteiger partial charge in [-0.3, -0.25) is 9.88 Å². The number of sulfone groups is 1. The summed E-state index contributed by atoms with van der Waals surface area (Å²) in [6, 6.07) is 9.28. The van der Waals surface area contributed by atoms with Crippen LogP contribution in [0.3, 0.4) is 0 Å². The van der Waals surface area contributed by atoms with Gasteiger partial charge in [-0.25, -0.2) is 18.0 Å². The molecule has 1 fully saturated rings. The van der Waals surface area contributed by atoms with Gasteiger partial charge in [0, 0.05) is 6.20 Å². The molecule has 11 nitrogen and oxygen atoms in total. The summed E-state index contributed by atoms with van der Waals surface area (Å²) < 4.78 is 48.2. The number of nitrogens with one attached hydrogen (secondary N) is 1. The van der Waals surface area contributed by atoms with Crippen molar-refractivity contribution in [3.05, 3.63) is 53.1 Å². The molecular weight excluding hydrogens is 506 g/mol. The molecule has 1 N–H and O–H groups in total. The van der Waals surface area contributed by atoms with E-state index in [4.69, 9.17) is 18.6 Å². The summed E-state index contributed by atoms with van der Waals surface area (Å²) in [6.07, 6.45) is -0.778. The number of ether oxygens (including phenoxy) is 3. The first-order valence-electron chi connectivity index (χ1n) is 11.5. The summed E-state index contributed by atoms with van der Waals surface area (Å²) >= 11 is 0. The molecule has 1 amide bonds. The first-order chi connectivity index (χ1) is 16.8. The summed E-state index contributed by atoms with van der Waals surface area (Å²) in [4.78, 5) is 28.5. The van der Waals surface area contributed by atoms with E-state index < -0.39 is 42.5 Å². The van der Waals surface area contributed by atoms with Gasteiger partial charge >= 0.3 is 11.8 Å². The molecule has 1 aromatic carbocycles. The predicted octanol–water partition coefficient (Wildman–Crippen LogP) is 3.16. The summed E-state index contributed by atoms with van der Waals surface area (Å²) in [6.45, 7) is 10.7. The quantitative estimate of drug-likeness (QED) is 0.477. The molecule has 0 radical (unpaired) electrons. The summed E-state index contributed by atoms with van der Waals surface area (Å²) in [5.41, 5.74) is -0.654. The van der Waals surface area contributed by atoms with Crippen LogP contribution >= 0.6 is 0 Å². The molecule has 1 aliphatic heterocycles. The summed E-state index contributed by atoms with van der Waals surface area (Å²) in [5.74, 6) is -0.414. The maximum atomic E-state index is 12.5. The van der Waals surface area contributed by atoms with Crippen LogP contribution in [0.4, 0.5) is 10.6 Å². The maximum Gasteiger partial charge on any atom is 0.412 e. The maximum absolute atomic E-state index is 12.5. The van der Waals surface area contributed by atoms with Crippen LogP contribution in [0.1, 0.15) is 27.0 Å². The zero-order chi connectivity index (χ0) is 26.6. The lowest BCUT2D eigenvalue weighted by molar-refractivity contribution is -0.0962. The van der Waals surface area contributed by atoms with Crippen LogP contribution < -0.4 is 11.0 Å². The second kappa shape index (κ2) is 11.2. The standard InChI is InChI=1S/C23H33N3O8SSi/c1-23(2,3)36(4,5)33-16-20-32-15-19(34-20)26-12-11-18(24-21(26)27)25-22(28)31-13-14-35(29,30)17-9-7-6-8-10-17/h6-12,19-20H,13-16H2,1-5H3,(H,24,25,27,28). The lowest BCUT2D eigenvalue weighted by Gasteiger charge is -2.36. The molecule has 1 aliphatic rings. The average Bonchev–Trinajstić information content (AvgIpc) is 3.26. The Morgan fingerprint density at radius 3 is 2.56 bits per heavy atom. The van der Waals surface area contributed by atoms with Crippen molar-refractivity contribution in [1.29, 1.82) is 0 Å². The lowest BCUT2D eigenvalue weighted by Crippen LogP contribution is -2.42. The highest BCUT2D eigenvalue weighted by Gasteiger charge is 2.39. The van der Waals surface area contributed by atoms with Crippen LogP contribution in [0.2, 0.25) is 18.1 Å². The van der Waals surface area contributed by atoms with Gasteiger partial charge in [0.1, 0.15) is 12.4 Å². The first-order valence-corrected chi connectivity index (χ1v) is 16.1. The zero-order valence-electron chi connectivity index (χ0n) is 21.1. The van der Waals surface area contributed by atoms with Crippen molar-refractivity contribution in [3.8, 4) is 0 Å². The van der Waals surface area contributed by atoms with Gasteiger partial charge in [0.25, 0.3) is 0 Å². The Labute approximate surface area is 211 Å². The van der Waals surface area contributed by atoms with Crippen molar-refractivity contribution in [3.63, 3.8) is 0 Å². The highest BCUT2D eigenvalue weighted by Crippen LogP contribution is 2.37. The highest BCUT2D eigenvalue weighted by molar-refractivity contribution is 7.91. The lowest BCUT2D eigenvalue weighted by atomic mass is 10.2. The largest absolute Gasteiger partial charge is 0.448 e. The SMILES string of the molecule is CC(C)(C)[Si](C)(C)OCC1OCC(n2ccc(NC(=O)OCCS(=O)(=O)c3ccccc3)nc2=O)O1. The van der Waals surface area contributed by atoms with Crippen LogP contribution in [-0.2, 0) is 28.5 Å². The van der Waals surface area contributed by atoms with Crippen LogP contribution in [0.15, 0.2) is 52.3 Å². The number of hydrogen-bond acceptors (Lipinski definition) is 9. The second-order valence-electron chi connectivity index (χ2n) is 9.82. The van der Waals surface area contributed by atoms with Crippen LogP contribution in [0.5, 0.6) is 0 Å². The Morgan fingerprint density at radius 2 is 1.92 bits per heavy atom. The molecule has 36 heavy (non-hydrogen) atoms. The third-order valence-electron chi connectivity index (χ3n) is 6.18. The minimum absolute atomic E-state index is 0.0381. The zero-order valence-corrected chi connectivity index (χ0v) is 22.9. The van der Waals surface area contributed by atoms with Gasteiger partial charge in [-0.15, -0.1) is 0 Å². The van der Waals surface area contributed by atoms with Crippen LogP contribution in [0, 0.1) is 0 Å². The third kappa shape index (κ3) is 7.23. The van der Waals surface area contributed by atoms with E-state index in [0.717, 1.165) is 0 Å². The number of anilines is 1. The number of hydrogen-bond donors (Lipinski definition) is 1. The van der Waals surface area contributed by atoms with Gasteiger partial charge in [0.2, 0.25) is 0 Å². The van der Waals surface area contributed by atoms with E-state index in [1.165, 1.54) is 29.0 Å². The number of rotatable bonds is 9. The number of carbonyl (C=O) groups is 1. The van der Waals surface area contributed by atoms with Crippen molar-refractivity contribution in [2.24, 2.45) is 0 Å². The van der Waals surface area contributed by atoms with E-state index in [9.17, 15) is 18.0 Å². The minimum Gasteiger partial charge on any atom is -0.448 e. The molecule has 2 aromatic rings. The Kier molecular flexibility index (Phi) is 8.72. The summed E-state index contributed by atoms with van der Waals surface area (Å²) in [7, 11) is -5.55. The van der Waals surface area contributed by atoms with Gasteiger partial charge in [0.15, 0.2) is 30.7 Å². The topological polar surface area (TPSA) is 135 Å². The Morgan fingerprint density at radius 1 is 1.22 bits per heavy atom. The van der Waals surface area contributed by atoms with E-state index in [1.54, 1.807) is 18.2 Å². The molecule has 198 valence electrons. The molecular formula is C23H33N3O8SSi. The normalized spacial score (nSPS) is 18.7. The van der Waals surface area contributed by atoms with Gasteiger partial charge in [-0.1, -0.05) is 39.0 Å². The van der Waals surface area contributed by atoms with E-state index in [2.05, 4.69) is 44.2 Å². The Balaban J connectivity index is 1.49. The molecule has 0 saturated carbocycles. The molecule has 0 bridgehead atoms. The van der Waals surface area contributed by atoms with Gasteiger partial charge in [-0.05, 0) is 36.3 Å². The predicted molar refractivity (Wildman–Crippen MR) is 135 cm³/mol. The van der Waals surface area contributed by atoms with Crippen LogP contribution in [-0.4, -0.2) is 64.2 Å². The van der Waals surface area contributed by atoms with Crippen molar-refractivity contribution in [2.45, 2.75) is 56.3 Å². The first kappa shape index (κ1) is 28.0.